The second kappa shape index (κ2) is 8.50. The minimum Gasteiger partial charge on any atom is -0.424 e. The molecule has 1 aromatic carbocycles. The lowest BCUT2D eigenvalue weighted by Gasteiger charge is -2.03. The minimum atomic E-state index is 0.220. The van der Waals surface area contributed by atoms with E-state index in [1.165, 1.54) is 50.5 Å². The Morgan fingerprint density at radius 2 is 1.62 bits per heavy atom. The summed E-state index contributed by atoms with van der Waals surface area (Å²) in [5.41, 5.74) is 7.91. The summed E-state index contributed by atoms with van der Waals surface area (Å²) in [6.07, 6.45) is 12.3. The van der Waals surface area contributed by atoms with Gasteiger partial charge in [0.25, 0.3) is 6.01 Å². The molecule has 3 nitrogen and oxygen atoms in total. The number of anilines is 1. The average molecular weight is 286 g/mol. The maximum absolute atomic E-state index is 5.49. The van der Waals surface area contributed by atoms with Crippen LogP contribution in [0.25, 0.3) is 11.3 Å². The number of rotatable bonds is 9. The number of aromatic nitrogens is 1. The van der Waals surface area contributed by atoms with Crippen LogP contribution < -0.4 is 5.73 Å². The molecule has 2 rings (SSSR count). The molecule has 0 aliphatic carbocycles. The monoisotopic (exact) mass is 286 g/mol. The van der Waals surface area contributed by atoms with E-state index in [2.05, 4.69) is 36.2 Å². The van der Waals surface area contributed by atoms with E-state index >= 15 is 0 Å². The Morgan fingerprint density at radius 1 is 0.952 bits per heavy atom. The number of hydrogen-bond acceptors (Lipinski definition) is 3. The molecule has 1 aromatic heterocycles. The molecule has 0 atom stereocenters. The highest BCUT2D eigenvalue weighted by Gasteiger charge is 2.03. The number of hydrogen-bond donors (Lipinski definition) is 1. The Hall–Kier alpha value is -1.77. The Morgan fingerprint density at radius 3 is 2.24 bits per heavy atom. The molecule has 0 saturated carbocycles. The number of unbranched alkanes of at least 4 members (excludes halogenated alkanes) is 6. The van der Waals surface area contributed by atoms with Crippen LogP contribution in [0.15, 0.2) is 34.9 Å². The number of nitrogens with zero attached hydrogens (tertiary/aromatic N) is 1. The van der Waals surface area contributed by atoms with Crippen LogP contribution in [0.4, 0.5) is 6.01 Å². The van der Waals surface area contributed by atoms with Crippen molar-refractivity contribution in [1.29, 1.82) is 0 Å². The van der Waals surface area contributed by atoms with E-state index in [9.17, 15) is 0 Å². The summed E-state index contributed by atoms with van der Waals surface area (Å²) in [7, 11) is 0. The molecule has 1 heterocycles. The summed E-state index contributed by atoms with van der Waals surface area (Å²) >= 11 is 0. The van der Waals surface area contributed by atoms with E-state index in [1.807, 2.05) is 0 Å². The van der Waals surface area contributed by atoms with Crippen molar-refractivity contribution in [3.8, 4) is 11.3 Å². The van der Waals surface area contributed by atoms with Crippen molar-refractivity contribution in [2.45, 2.75) is 58.3 Å². The van der Waals surface area contributed by atoms with Crippen molar-refractivity contribution in [3.63, 3.8) is 0 Å². The molecule has 2 N–H and O–H groups in total. The van der Waals surface area contributed by atoms with Crippen molar-refractivity contribution in [1.82, 2.24) is 4.98 Å². The van der Waals surface area contributed by atoms with E-state index in [4.69, 9.17) is 10.2 Å². The highest BCUT2D eigenvalue weighted by molar-refractivity contribution is 5.57. The summed E-state index contributed by atoms with van der Waals surface area (Å²) in [5, 5.41) is 0. The molecule has 0 bridgehead atoms. The Bertz CT molecular complexity index is 516. The van der Waals surface area contributed by atoms with Crippen LogP contribution in [0.1, 0.15) is 57.4 Å². The van der Waals surface area contributed by atoms with Crippen molar-refractivity contribution >= 4 is 6.01 Å². The van der Waals surface area contributed by atoms with Crippen LogP contribution >= 0.6 is 0 Å². The minimum absolute atomic E-state index is 0.220. The molecule has 0 aliphatic heterocycles. The van der Waals surface area contributed by atoms with Crippen molar-refractivity contribution in [2.75, 3.05) is 5.73 Å². The number of benzene rings is 1. The zero-order valence-corrected chi connectivity index (χ0v) is 13.0. The molecular weight excluding hydrogens is 260 g/mol. The lowest BCUT2D eigenvalue weighted by Crippen LogP contribution is -1.87. The molecule has 21 heavy (non-hydrogen) atoms. The predicted molar refractivity (Wildman–Crippen MR) is 88.0 cm³/mol. The van der Waals surface area contributed by atoms with Gasteiger partial charge in [0.1, 0.15) is 0 Å². The fourth-order valence-corrected chi connectivity index (χ4v) is 2.54. The third-order valence-corrected chi connectivity index (χ3v) is 3.83. The van der Waals surface area contributed by atoms with Gasteiger partial charge in [-0.05, 0) is 18.4 Å². The van der Waals surface area contributed by atoms with Gasteiger partial charge in [0.15, 0.2) is 5.76 Å². The van der Waals surface area contributed by atoms with Crippen LogP contribution in [-0.2, 0) is 6.42 Å². The first-order valence-electron chi connectivity index (χ1n) is 8.10. The standard InChI is InChI=1S/C18H26N2O/c1-2-3-4-5-6-7-8-9-15-10-12-16(13-11-15)17-14-20-18(19)21-17/h10-14H,2-9H2,1H3,(H2,19,20). The second-order valence-electron chi connectivity index (χ2n) is 5.63. The van der Waals surface area contributed by atoms with Gasteiger partial charge in [-0.25, -0.2) is 4.98 Å². The number of oxazole rings is 1. The van der Waals surface area contributed by atoms with E-state index in [0.29, 0.717) is 0 Å². The largest absolute Gasteiger partial charge is 0.424 e. The summed E-state index contributed by atoms with van der Waals surface area (Å²) < 4.78 is 5.32. The zero-order valence-electron chi connectivity index (χ0n) is 13.0. The number of nitrogens with two attached hydrogens (primary N) is 1. The molecule has 0 fully saturated rings. The van der Waals surface area contributed by atoms with Gasteiger partial charge < -0.3 is 10.2 Å². The number of aryl methyl sites for hydroxylation is 1. The molecule has 2 aromatic rings. The zero-order chi connectivity index (χ0) is 14.9. The van der Waals surface area contributed by atoms with Crippen LogP contribution in [0.3, 0.4) is 0 Å². The van der Waals surface area contributed by atoms with Crippen LogP contribution in [-0.4, -0.2) is 4.98 Å². The normalized spacial score (nSPS) is 10.9. The van der Waals surface area contributed by atoms with Crippen LogP contribution in [0, 0.1) is 0 Å². The molecule has 0 aliphatic rings. The lowest BCUT2D eigenvalue weighted by molar-refractivity contribution is 0.589. The molecule has 0 amide bonds. The van der Waals surface area contributed by atoms with E-state index in [0.717, 1.165) is 17.7 Å². The van der Waals surface area contributed by atoms with E-state index < -0.39 is 0 Å². The third kappa shape index (κ3) is 5.25. The SMILES string of the molecule is CCCCCCCCCc1ccc(-c2cnc(N)o2)cc1. The van der Waals surface area contributed by atoms with Gasteiger partial charge in [0.05, 0.1) is 6.20 Å². The van der Waals surface area contributed by atoms with E-state index in [-0.39, 0.29) is 6.01 Å². The van der Waals surface area contributed by atoms with Crippen molar-refractivity contribution in [2.24, 2.45) is 0 Å². The average Bonchev–Trinajstić information content (AvgIpc) is 2.93. The molecule has 0 radical (unpaired) electrons. The predicted octanol–water partition coefficient (Wildman–Crippen LogP) is 5.22. The fraction of sp³-hybridized carbons (Fsp3) is 0.500. The van der Waals surface area contributed by atoms with Gasteiger partial charge in [-0.1, -0.05) is 69.7 Å². The fourth-order valence-electron chi connectivity index (χ4n) is 2.54. The van der Waals surface area contributed by atoms with Gasteiger partial charge in [0.2, 0.25) is 0 Å². The quantitative estimate of drug-likeness (QED) is 0.643. The second-order valence-corrected chi connectivity index (χ2v) is 5.63. The van der Waals surface area contributed by atoms with Crippen molar-refractivity contribution < 1.29 is 4.42 Å². The topological polar surface area (TPSA) is 52.0 Å². The first-order chi connectivity index (χ1) is 10.3. The molecule has 114 valence electrons. The Labute approximate surface area is 127 Å². The van der Waals surface area contributed by atoms with E-state index in [1.54, 1.807) is 6.20 Å². The summed E-state index contributed by atoms with van der Waals surface area (Å²) in [6, 6.07) is 8.72. The third-order valence-electron chi connectivity index (χ3n) is 3.83. The maximum atomic E-state index is 5.49. The molecular formula is C18H26N2O. The highest BCUT2D eigenvalue weighted by Crippen LogP contribution is 2.22. The van der Waals surface area contributed by atoms with Gasteiger partial charge in [-0.15, -0.1) is 0 Å². The maximum Gasteiger partial charge on any atom is 0.292 e. The molecule has 0 unspecified atom stereocenters. The highest BCUT2D eigenvalue weighted by atomic mass is 16.4. The summed E-state index contributed by atoms with van der Waals surface area (Å²) in [4.78, 5) is 3.92. The van der Waals surface area contributed by atoms with Crippen LogP contribution in [0.5, 0.6) is 0 Å². The first-order valence-corrected chi connectivity index (χ1v) is 8.10. The van der Waals surface area contributed by atoms with Gasteiger partial charge in [-0.3, -0.25) is 0 Å². The summed E-state index contributed by atoms with van der Waals surface area (Å²) in [6.45, 7) is 2.26. The van der Waals surface area contributed by atoms with Crippen LogP contribution in [0.2, 0.25) is 0 Å². The number of nitrogen functional groups attached to an aromatic ring is 1. The van der Waals surface area contributed by atoms with Gasteiger partial charge >= 0.3 is 0 Å². The first kappa shape index (κ1) is 15.6. The lowest BCUT2D eigenvalue weighted by atomic mass is 10.0. The van der Waals surface area contributed by atoms with Gasteiger partial charge in [-0.2, -0.15) is 0 Å². The molecule has 0 saturated heterocycles. The Kier molecular flexibility index (Phi) is 6.32. The smallest absolute Gasteiger partial charge is 0.292 e. The Balaban J connectivity index is 1.70. The molecule has 0 spiro atoms. The molecule has 3 heteroatoms. The van der Waals surface area contributed by atoms with Crippen molar-refractivity contribution in [3.05, 3.63) is 36.0 Å². The summed E-state index contributed by atoms with van der Waals surface area (Å²) in [5.74, 6) is 0.731. The van der Waals surface area contributed by atoms with Gasteiger partial charge in [0, 0.05) is 5.56 Å².